The van der Waals surface area contributed by atoms with Crippen LogP contribution in [0.4, 0.5) is 0 Å². The van der Waals surface area contributed by atoms with E-state index >= 15 is 0 Å². The van der Waals surface area contributed by atoms with Gasteiger partial charge in [0.15, 0.2) is 0 Å². The fourth-order valence-electron chi connectivity index (χ4n) is 0.722. The van der Waals surface area contributed by atoms with Gasteiger partial charge in [0.05, 0.1) is 5.03 Å². The molecule has 2 rings (SSSR count). The van der Waals surface area contributed by atoms with Gasteiger partial charge in [-0.1, -0.05) is 17.8 Å². The molecule has 0 unspecified atom stereocenters. The molecule has 0 bridgehead atoms. The first-order valence-corrected chi connectivity index (χ1v) is 6.35. The molecule has 2 nitrogen and oxygen atoms in total. The normalized spacial score (nSPS) is 15.5. The van der Waals surface area contributed by atoms with Crippen molar-refractivity contribution in [1.29, 1.82) is 0 Å². The van der Waals surface area contributed by atoms with Gasteiger partial charge in [-0.3, -0.25) is 0 Å². The molecule has 0 spiro atoms. The molecule has 0 saturated carbocycles. The van der Waals surface area contributed by atoms with Crippen molar-refractivity contribution in [2.75, 3.05) is 0 Å². The van der Waals surface area contributed by atoms with Gasteiger partial charge in [0.25, 0.3) is 0 Å². The maximum absolute atomic E-state index is 4.21. The van der Waals surface area contributed by atoms with Crippen LogP contribution in [0.5, 0.6) is 0 Å². The van der Waals surface area contributed by atoms with E-state index < -0.39 is 0 Å². The average Bonchev–Trinajstić information content (AvgIpc) is 2.59. The fraction of sp³-hybridized carbons (Fsp3) is 0. The lowest BCUT2D eigenvalue weighted by atomic mass is 10.5. The van der Waals surface area contributed by atoms with Crippen LogP contribution in [0.15, 0.2) is 39.9 Å². The predicted octanol–water partition coefficient (Wildman–Crippen LogP) is 2.87. The quantitative estimate of drug-likeness (QED) is 0.603. The van der Waals surface area contributed by atoms with Crippen LogP contribution in [0.2, 0.25) is 0 Å². The predicted molar refractivity (Wildman–Crippen MR) is 56.5 cm³/mol. The van der Waals surface area contributed by atoms with E-state index in [1.54, 1.807) is 39.7 Å². The molecule has 1 aromatic heterocycles. The number of nitrogens with one attached hydrogen (secondary N) is 1. The van der Waals surface area contributed by atoms with E-state index in [2.05, 4.69) is 15.1 Å². The van der Waals surface area contributed by atoms with Crippen LogP contribution in [0.25, 0.3) is 0 Å². The van der Waals surface area contributed by atoms with E-state index in [1.807, 2.05) is 18.2 Å². The van der Waals surface area contributed by atoms with Gasteiger partial charge < -0.3 is 4.72 Å². The maximum atomic E-state index is 4.21. The molecule has 1 aliphatic rings. The number of nitrogens with zero attached hydrogens (tertiary/aromatic N) is 1. The lowest BCUT2D eigenvalue weighted by molar-refractivity contribution is 1.14. The van der Waals surface area contributed by atoms with Gasteiger partial charge in [-0.15, -0.1) is 0 Å². The standard InChI is InChI=1S/C7H6N2S3/c1-2-4-8-6(3-1)11-7-5-10-12-9-7/h1-5,9H. The molecular weight excluding hydrogens is 208 g/mol. The summed E-state index contributed by atoms with van der Waals surface area (Å²) in [6.07, 6.45) is 1.80. The van der Waals surface area contributed by atoms with Gasteiger partial charge in [0.1, 0.15) is 5.03 Å². The number of pyridine rings is 1. The molecule has 1 N–H and O–H groups in total. The Morgan fingerprint density at radius 3 is 3.08 bits per heavy atom. The summed E-state index contributed by atoms with van der Waals surface area (Å²) in [5.41, 5.74) is 0. The number of hydrogen-bond acceptors (Lipinski definition) is 5. The summed E-state index contributed by atoms with van der Waals surface area (Å²) in [7, 11) is 3.32. The second-order valence-electron chi connectivity index (χ2n) is 2.03. The number of rotatable bonds is 2. The summed E-state index contributed by atoms with van der Waals surface area (Å²) in [6, 6.07) is 5.91. The van der Waals surface area contributed by atoms with E-state index in [1.165, 1.54) is 0 Å². The zero-order valence-electron chi connectivity index (χ0n) is 6.06. The smallest absolute Gasteiger partial charge is 0.102 e. The zero-order valence-corrected chi connectivity index (χ0v) is 8.51. The van der Waals surface area contributed by atoms with E-state index in [0.717, 1.165) is 10.1 Å². The number of thioether (sulfide) groups is 1. The first kappa shape index (κ1) is 8.34. The van der Waals surface area contributed by atoms with Crippen LogP contribution in [0.1, 0.15) is 0 Å². The Bertz CT molecular complexity index is 286. The monoisotopic (exact) mass is 214 g/mol. The largest absolute Gasteiger partial charge is 0.314 e. The molecule has 0 radical (unpaired) electrons. The molecule has 12 heavy (non-hydrogen) atoms. The van der Waals surface area contributed by atoms with E-state index in [-0.39, 0.29) is 0 Å². The molecule has 0 aliphatic carbocycles. The van der Waals surface area contributed by atoms with E-state index in [0.29, 0.717) is 0 Å². The van der Waals surface area contributed by atoms with Crippen LogP contribution in [-0.4, -0.2) is 4.98 Å². The van der Waals surface area contributed by atoms with Gasteiger partial charge >= 0.3 is 0 Å². The SMILES string of the molecule is C1=C(Sc2ccccn2)NSS1. The minimum Gasteiger partial charge on any atom is -0.314 e. The Balaban J connectivity index is 2.04. The lowest BCUT2D eigenvalue weighted by Gasteiger charge is -1.99. The highest BCUT2D eigenvalue weighted by atomic mass is 33.1. The molecule has 0 fully saturated rings. The number of aromatic nitrogens is 1. The molecule has 1 aromatic rings. The van der Waals surface area contributed by atoms with Crippen molar-refractivity contribution in [1.82, 2.24) is 9.71 Å². The van der Waals surface area contributed by atoms with Crippen molar-refractivity contribution in [3.63, 3.8) is 0 Å². The van der Waals surface area contributed by atoms with Crippen molar-refractivity contribution < 1.29 is 0 Å². The molecular formula is C7H6N2S3. The molecule has 0 aromatic carbocycles. The summed E-state index contributed by atoms with van der Waals surface area (Å²) >= 11 is 1.65. The van der Waals surface area contributed by atoms with Crippen molar-refractivity contribution in [2.24, 2.45) is 0 Å². The molecule has 62 valence electrons. The van der Waals surface area contributed by atoms with Gasteiger partial charge in [-0.25, -0.2) is 4.98 Å². The Hall–Kier alpha value is -0.260. The third-order valence-corrected chi connectivity index (χ3v) is 3.93. The summed E-state index contributed by atoms with van der Waals surface area (Å²) in [4.78, 5) is 4.21. The van der Waals surface area contributed by atoms with E-state index in [9.17, 15) is 0 Å². The van der Waals surface area contributed by atoms with Crippen LogP contribution in [-0.2, 0) is 0 Å². The van der Waals surface area contributed by atoms with E-state index in [4.69, 9.17) is 0 Å². The first-order chi connectivity index (χ1) is 5.95. The molecule has 2 heterocycles. The van der Waals surface area contributed by atoms with Crippen molar-refractivity contribution in [3.8, 4) is 0 Å². The van der Waals surface area contributed by atoms with Gasteiger partial charge in [-0.05, 0) is 22.9 Å². The Labute approximate surface area is 83.1 Å². The molecule has 1 aliphatic heterocycles. The Kier molecular flexibility index (Phi) is 2.86. The van der Waals surface area contributed by atoms with Gasteiger partial charge in [0.2, 0.25) is 0 Å². The Morgan fingerprint density at radius 2 is 2.42 bits per heavy atom. The minimum absolute atomic E-state index is 1.03. The fourth-order valence-corrected chi connectivity index (χ4v) is 3.48. The second kappa shape index (κ2) is 4.11. The summed E-state index contributed by atoms with van der Waals surface area (Å²) in [5.74, 6) is 0. The van der Waals surface area contributed by atoms with Crippen LogP contribution >= 0.6 is 33.5 Å². The van der Waals surface area contributed by atoms with Crippen LogP contribution in [0, 0.1) is 0 Å². The van der Waals surface area contributed by atoms with Crippen LogP contribution < -0.4 is 4.72 Å². The summed E-state index contributed by atoms with van der Waals surface area (Å²) < 4.78 is 3.17. The molecule has 0 atom stereocenters. The molecule has 0 amide bonds. The lowest BCUT2D eigenvalue weighted by Crippen LogP contribution is -1.92. The molecule has 5 heteroatoms. The summed E-state index contributed by atoms with van der Waals surface area (Å²) in [5, 5.41) is 4.27. The van der Waals surface area contributed by atoms with Crippen molar-refractivity contribution in [2.45, 2.75) is 5.03 Å². The van der Waals surface area contributed by atoms with Gasteiger partial charge in [-0.2, -0.15) is 0 Å². The maximum Gasteiger partial charge on any atom is 0.102 e. The highest BCUT2D eigenvalue weighted by Crippen LogP contribution is 2.36. The third kappa shape index (κ3) is 2.12. The first-order valence-electron chi connectivity index (χ1n) is 3.32. The topological polar surface area (TPSA) is 24.9 Å². The Morgan fingerprint density at radius 1 is 1.42 bits per heavy atom. The zero-order chi connectivity index (χ0) is 8.23. The average molecular weight is 214 g/mol. The molecule has 0 saturated heterocycles. The highest BCUT2D eigenvalue weighted by molar-refractivity contribution is 8.77. The second-order valence-corrected chi connectivity index (χ2v) is 4.97. The number of hydrogen-bond donors (Lipinski definition) is 1. The third-order valence-electron chi connectivity index (χ3n) is 1.20. The minimum atomic E-state index is 1.03. The van der Waals surface area contributed by atoms with Gasteiger partial charge in [0, 0.05) is 22.6 Å². The highest BCUT2D eigenvalue weighted by Gasteiger charge is 2.06. The van der Waals surface area contributed by atoms with Crippen LogP contribution in [0.3, 0.4) is 0 Å². The van der Waals surface area contributed by atoms with Crippen molar-refractivity contribution >= 4 is 33.5 Å². The summed E-state index contributed by atoms with van der Waals surface area (Å²) in [6.45, 7) is 0. The van der Waals surface area contributed by atoms with Crippen molar-refractivity contribution in [3.05, 3.63) is 34.8 Å².